The third-order valence-electron chi connectivity index (χ3n) is 3.85. The molecule has 0 radical (unpaired) electrons. The predicted octanol–water partition coefficient (Wildman–Crippen LogP) is 1.79. The van der Waals surface area contributed by atoms with Crippen molar-refractivity contribution in [3.63, 3.8) is 0 Å². The zero-order valence-electron chi connectivity index (χ0n) is 12.6. The normalized spacial score (nSPS) is 13.8. The Morgan fingerprint density at radius 1 is 1.41 bits per heavy atom. The lowest BCUT2D eigenvalue weighted by molar-refractivity contribution is 0.176. The van der Waals surface area contributed by atoms with E-state index in [1.807, 2.05) is 35.2 Å². The second-order valence-corrected chi connectivity index (χ2v) is 5.29. The third-order valence-corrected chi connectivity index (χ3v) is 3.85. The van der Waals surface area contributed by atoms with Crippen molar-refractivity contribution in [3.8, 4) is 11.3 Å². The van der Waals surface area contributed by atoms with Gasteiger partial charge in [-0.2, -0.15) is 5.10 Å². The van der Waals surface area contributed by atoms with Gasteiger partial charge in [-0.3, -0.25) is 5.10 Å². The molecule has 1 aliphatic heterocycles. The molecule has 2 aromatic rings. The van der Waals surface area contributed by atoms with E-state index in [9.17, 15) is 4.79 Å². The Bertz CT molecular complexity index is 639. The number of ether oxygens (including phenoxy) is 1. The molecule has 0 saturated carbocycles. The van der Waals surface area contributed by atoms with Gasteiger partial charge in [0, 0.05) is 43.4 Å². The summed E-state index contributed by atoms with van der Waals surface area (Å²) in [6.07, 6.45) is 0.798. The molecule has 1 aromatic carbocycles. The minimum absolute atomic E-state index is 0.0529. The molecule has 3 rings (SSSR count). The first kappa shape index (κ1) is 14.6. The monoisotopic (exact) mass is 300 g/mol. The van der Waals surface area contributed by atoms with Crippen LogP contribution in [0.1, 0.15) is 11.3 Å². The zero-order valence-corrected chi connectivity index (χ0v) is 12.6. The first-order chi connectivity index (χ1) is 10.8. The zero-order chi connectivity index (χ0) is 15.4. The number of nitrogens with zero attached hydrogens (tertiary/aromatic N) is 2. The molecule has 1 aromatic heterocycles. The number of hydrogen-bond donors (Lipinski definition) is 2. The van der Waals surface area contributed by atoms with E-state index >= 15 is 0 Å². The van der Waals surface area contributed by atoms with Crippen LogP contribution in [0.2, 0.25) is 0 Å². The van der Waals surface area contributed by atoms with Crippen molar-refractivity contribution in [1.82, 2.24) is 20.4 Å². The molecule has 0 bridgehead atoms. The number of carbonyl (C=O) groups excluding carboxylic acids is 1. The van der Waals surface area contributed by atoms with Gasteiger partial charge < -0.3 is 15.0 Å². The van der Waals surface area contributed by atoms with E-state index in [1.165, 1.54) is 0 Å². The van der Waals surface area contributed by atoms with Gasteiger partial charge >= 0.3 is 6.03 Å². The van der Waals surface area contributed by atoms with Crippen molar-refractivity contribution < 1.29 is 9.53 Å². The maximum atomic E-state index is 12.2. The van der Waals surface area contributed by atoms with Crippen LogP contribution in [0.25, 0.3) is 11.3 Å². The Balaban J connectivity index is 1.75. The highest BCUT2D eigenvalue weighted by molar-refractivity contribution is 5.75. The fourth-order valence-corrected chi connectivity index (χ4v) is 2.68. The van der Waals surface area contributed by atoms with Gasteiger partial charge in [-0.25, -0.2) is 4.79 Å². The van der Waals surface area contributed by atoms with Gasteiger partial charge in [0.25, 0.3) is 0 Å². The Hall–Kier alpha value is -2.34. The summed E-state index contributed by atoms with van der Waals surface area (Å²) in [5, 5.41) is 10.4. The smallest absolute Gasteiger partial charge is 0.317 e. The molecule has 116 valence electrons. The molecule has 1 aliphatic rings. The molecule has 2 N–H and O–H groups in total. The molecule has 0 unspecified atom stereocenters. The van der Waals surface area contributed by atoms with Gasteiger partial charge in [0.05, 0.1) is 18.8 Å². The van der Waals surface area contributed by atoms with E-state index in [1.54, 1.807) is 7.11 Å². The second kappa shape index (κ2) is 6.62. The molecule has 0 aliphatic carbocycles. The van der Waals surface area contributed by atoms with Crippen molar-refractivity contribution in [1.29, 1.82) is 0 Å². The van der Waals surface area contributed by atoms with E-state index in [-0.39, 0.29) is 6.03 Å². The Morgan fingerprint density at radius 2 is 2.23 bits per heavy atom. The quantitative estimate of drug-likeness (QED) is 0.846. The number of hydrogen-bond acceptors (Lipinski definition) is 3. The molecule has 0 saturated heterocycles. The fraction of sp³-hybridized carbons (Fsp3) is 0.375. The van der Waals surface area contributed by atoms with Crippen molar-refractivity contribution in [2.75, 3.05) is 26.8 Å². The van der Waals surface area contributed by atoms with Gasteiger partial charge in [-0.1, -0.05) is 30.3 Å². The Morgan fingerprint density at radius 3 is 3.00 bits per heavy atom. The molecule has 0 fully saturated rings. The Labute approximate surface area is 129 Å². The summed E-state index contributed by atoms with van der Waals surface area (Å²) in [6.45, 7) is 2.32. The molecule has 0 atom stereocenters. The predicted molar refractivity (Wildman–Crippen MR) is 83.4 cm³/mol. The number of carbonyl (C=O) groups is 1. The minimum Gasteiger partial charge on any atom is -0.383 e. The molecular formula is C16H20N4O2. The fourth-order valence-electron chi connectivity index (χ4n) is 2.68. The number of amides is 2. The van der Waals surface area contributed by atoms with Crippen molar-refractivity contribution in [2.45, 2.75) is 13.0 Å². The van der Waals surface area contributed by atoms with Gasteiger partial charge in [-0.05, 0) is 0 Å². The van der Waals surface area contributed by atoms with E-state index in [0.29, 0.717) is 26.2 Å². The number of aromatic amines is 1. The topological polar surface area (TPSA) is 70.2 Å². The maximum absolute atomic E-state index is 12.2. The first-order valence-corrected chi connectivity index (χ1v) is 7.43. The molecule has 6 nitrogen and oxygen atoms in total. The summed E-state index contributed by atoms with van der Waals surface area (Å²) in [4.78, 5) is 14.0. The number of rotatable bonds is 4. The average Bonchev–Trinajstić information content (AvgIpc) is 2.99. The van der Waals surface area contributed by atoms with Gasteiger partial charge in [0.15, 0.2) is 0 Å². The molecule has 2 amide bonds. The van der Waals surface area contributed by atoms with Crippen LogP contribution in [0.3, 0.4) is 0 Å². The number of urea groups is 1. The maximum Gasteiger partial charge on any atom is 0.317 e. The van der Waals surface area contributed by atoms with Crippen LogP contribution >= 0.6 is 0 Å². The van der Waals surface area contributed by atoms with Crippen LogP contribution in [-0.2, 0) is 17.7 Å². The molecule has 0 spiro atoms. The van der Waals surface area contributed by atoms with Crippen LogP contribution in [0, 0.1) is 0 Å². The summed E-state index contributed by atoms with van der Waals surface area (Å²) < 4.78 is 4.95. The van der Waals surface area contributed by atoms with Gasteiger partial charge in [0.2, 0.25) is 0 Å². The van der Waals surface area contributed by atoms with E-state index < -0.39 is 0 Å². The van der Waals surface area contributed by atoms with E-state index in [2.05, 4.69) is 15.5 Å². The third kappa shape index (κ3) is 2.96. The highest BCUT2D eigenvalue weighted by Gasteiger charge is 2.25. The number of nitrogens with one attached hydrogen (secondary N) is 2. The van der Waals surface area contributed by atoms with Crippen molar-refractivity contribution in [3.05, 3.63) is 41.6 Å². The summed E-state index contributed by atoms with van der Waals surface area (Å²) in [5.74, 6) is 0. The van der Waals surface area contributed by atoms with E-state index in [4.69, 9.17) is 4.74 Å². The first-order valence-electron chi connectivity index (χ1n) is 7.43. The Kier molecular flexibility index (Phi) is 4.39. The van der Waals surface area contributed by atoms with Crippen molar-refractivity contribution in [2.24, 2.45) is 0 Å². The highest BCUT2D eigenvalue weighted by atomic mass is 16.5. The summed E-state index contributed by atoms with van der Waals surface area (Å²) in [6, 6.07) is 9.99. The highest BCUT2D eigenvalue weighted by Crippen LogP contribution is 2.28. The molecule has 22 heavy (non-hydrogen) atoms. The standard InChI is InChI=1S/C16H20N4O2/c1-22-10-8-17-16(21)20-9-7-14-13(11-20)15(19-18-14)12-5-3-2-4-6-12/h2-6H,7-11H2,1H3,(H,17,21)(H,18,19). The second-order valence-electron chi connectivity index (χ2n) is 5.29. The summed E-state index contributed by atoms with van der Waals surface area (Å²) in [5.41, 5.74) is 4.24. The number of H-pyrrole nitrogens is 1. The van der Waals surface area contributed by atoms with Crippen LogP contribution in [-0.4, -0.2) is 47.9 Å². The number of methoxy groups -OCH3 is 1. The number of benzene rings is 1. The van der Waals surface area contributed by atoms with Crippen molar-refractivity contribution >= 4 is 6.03 Å². The minimum atomic E-state index is -0.0529. The SMILES string of the molecule is COCCNC(=O)N1CCc2[nH]nc(-c3ccccc3)c2C1. The van der Waals surface area contributed by atoms with Crippen LogP contribution in [0.15, 0.2) is 30.3 Å². The van der Waals surface area contributed by atoms with Gasteiger partial charge in [-0.15, -0.1) is 0 Å². The summed E-state index contributed by atoms with van der Waals surface area (Å²) in [7, 11) is 1.62. The van der Waals surface area contributed by atoms with Crippen LogP contribution in [0.5, 0.6) is 0 Å². The number of fused-ring (bicyclic) bond motifs is 1. The molecule has 2 heterocycles. The molecule has 6 heteroatoms. The average molecular weight is 300 g/mol. The van der Waals surface area contributed by atoms with Crippen LogP contribution < -0.4 is 5.32 Å². The largest absolute Gasteiger partial charge is 0.383 e. The lowest BCUT2D eigenvalue weighted by Crippen LogP contribution is -2.43. The summed E-state index contributed by atoms with van der Waals surface area (Å²) >= 11 is 0. The van der Waals surface area contributed by atoms with Crippen LogP contribution in [0.4, 0.5) is 4.79 Å². The lowest BCUT2D eigenvalue weighted by Gasteiger charge is -2.27. The number of aromatic nitrogens is 2. The lowest BCUT2D eigenvalue weighted by atomic mass is 10.0. The molecular weight excluding hydrogens is 280 g/mol. The van der Waals surface area contributed by atoms with E-state index in [0.717, 1.165) is 28.9 Å². The van der Waals surface area contributed by atoms with Gasteiger partial charge in [0.1, 0.15) is 0 Å².